The first-order valence-electron chi connectivity index (χ1n) is 7.03. The molecule has 0 bridgehead atoms. The predicted molar refractivity (Wildman–Crippen MR) is 77.3 cm³/mol. The molecule has 106 valence electrons. The molecule has 20 heavy (non-hydrogen) atoms. The summed E-state index contributed by atoms with van der Waals surface area (Å²) in [6.45, 7) is 0.875. The van der Waals surface area contributed by atoms with Crippen molar-refractivity contribution in [3.8, 4) is 11.3 Å². The van der Waals surface area contributed by atoms with Gasteiger partial charge in [-0.2, -0.15) is 0 Å². The van der Waals surface area contributed by atoms with Crippen molar-refractivity contribution in [1.82, 2.24) is 10.1 Å². The van der Waals surface area contributed by atoms with Gasteiger partial charge in [0.05, 0.1) is 11.7 Å². The van der Waals surface area contributed by atoms with Gasteiger partial charge in [-0.05, 0) is 20.5 Å². The van der Waals surface area contributed by atoms with Crippen molar-refractivity contribution in [2.75, 3.05) is 20.6 Å². The van der Waals surface area contributed by atoms with Gasteiger partial charge in [0.1, 0.15) is 11.5 Å². The molecule has 1 heterocycles. The van der Waals surface area contributed by atoms with Crippen molar-refractivity contribution in [3.05, 3.63) is 41.7 Å². The summed E-state index contributed by atoms with van der Waals surface area (Å²) in [5, 5.41) is 14.9. The van der Waals surface area contributed by atoms with Crippen LogP contribution in [0, 0.1) is 5.92 Å². The van der Waals surface area contributed by atoms with Crippen molar-refractivity contribution in [2.24, 2.45) is 5.92 Å². The SMILES string of the molecule is CN(C)C[C@@H]1CCc2onc(-c3ccccc3)c2[C@H]1O. The Labute approximate surface area is 119 Å². The third-order valence-corrected chi connectivity index (χ3v) is 3.93. The van der Waals surface area contributed by atoms with Crippen LogP contribution in [0.5, 0.6) is 0 Å². The van der Waals surface area contributed by atoms with Gasteiger partial charge in [0.25, 0.3) is 0 Å². The predicted octanol–water partition coefficient (Wildman–Crippen LogP) is 2.50. The van der Waals surface area contributed by atoms with Crippen molar-refractivity contribution >= 4 is 0 Å². The fraction of sp³-hybridized carbons (Fsp3) is 0.438. The van der Waals surface area contributed by atoms with Crippen LogP contribution >= 0.6 is 0 Å². The van der Waals surface area contributed by atoms with E-state index in [9.17, 15) is 5.11 Å². The zero-order valence-corrected chi connectivity index (χ0v) is 11.9. The Morgan fingerprint density at radius 3 is 2.75 bits per heavy atom. The highest BCUT2D eigenvalue weighted by molar-refractivity contribution is 5.64. The minimum absolute atomic E-state index is 0.236. The average Bonchev–Trinajstić information content (AvgIpc) is 2.87. The molecule has 0 radical (unpaired) electrons. The van der Waals surface area contributed by atoms with E-state index in [-0.39, 0.29) is 5.92 Å². The Balaban J connectivity index is 1.97. The van der Waals surface area contributed by atoms with Gasteiger partial charge < -0.3 is 14.5 Å². The molecule has 0 saturated heterocycles. The molecule has 0 fully saturated rings. The summed E-state index contributed by atoms with van der Waals surface area (Å²) in [5.74, 6) is 1.07. The number of hydrogen-bond donors (Lipinski definition) is 1. The monoisotopic (exact) mass is 272 g/mol. The standard InChI is InChI=1S/C16H20N2O2/c1-18(2)10-12-8-9-13-14(16(12)19)15(17-20-13)11-6-4-3-5-7-11/h3-7,12,16,19H,8-10H2,1-2H3/t12-,16-/m0/s1. The topological polar surface area (TPSA) is 49.5 Å². The largest absolute Gasteiger partial charge is 0.388 e. The minimum Gasteiger partial charge on any atom is -0.388 e. The number of aliphatic hydroxyl groups excluding tert-OH is 1. The maximum Gasteiger partial charge on any atom is 0.143 e. The van der Waals surface area contributed by atoms with Gasteiger partial charge in [0, 0.05) is 24.4 Å². The van der Waals surface area contributed by atoms with E-state index in [1.54, 1.807) is 0 Å². The summed E-state index contributed by atoms with van der Waals surface area (Å²) >= 11 is 0. The Kier molecular flexibility index (Phi) is 3.59. The molecule has 1 aromatic heterocycles. The highest BCUT2D eigenvalue weighted by Crippen LogP contribution is 2.40. The molecule has 4 heteroatoms. The maximum absolute atomic E-state index is 10.7. The quantitative estimate of drug-likeness (QED) is 0.932. The summed E-state index contributed by atoms with van der Waals surface area (Å²) in [6, 6.07) is 9.92. The van der Waals surface area contributed by atoms with E-state index in [4.69, 9.17) is 4.52 Å². The second-order valence-electron chi connectivity index (χ2n) is 5.74. The Morgan fingerprint density at radius 1 is 1.30 bits per heavy atom. The summed E-state index contributed by atoms with van der Waals surface area (Å²) in [7, 11) is 4.07. The van der Waals surface area contributed by atoms with E-state index in [2.05, 4.69) is 10.1 Å². The van der Waals surface area contributed by atoms with Crippen molar-refractivity contribution < 1.29 is 9.63 Å². The molecule has 2 aromatic rings. The van der Waals surface area contributed by atoms with Crippen LogP contribution in [0.25, 0.3) is 11.3 Å². The molecular formula is C16H20N2O2. The van der Waals surface area contributed by atoms with Crippen LogP contribution in [0.15, 0.2) is 34.9 Å². The van der Waals surface area contributed by atoms with Gasteiger partial charge in [-0.25, -0.2) is 0 Å². The number of aliphatic hydroxyl groups is 1. The van der Waals surface area contributed by atoms with Crippen molar-refractivity contribution in [3.63, 3.8) is 0 Å². The fourth-order valence-electron chi connectivity index (χ4n) is 2.99. The molecule has 2 atom stereocenters. The molecule has 4 nitrogen and oxygen atoms in total. The second kappa shape index (κ2) is 5.38. The number of fused-ring (bicyclic) bond motifs is 1. The van der Waals surface area contributed by atoms with Gasteiger partial charge >= 0.3 is 0 Å². The van der Waals surface area contributed by atoms with Crippen LogP contribution in [-0.2, 0) is 6.42 Å². The van der Waals surface area contributed by atoms with Gasteiger partial charge in [-0.1, -0.05) is 35.5 Å². The van der Waals surface area contributed by atoms with E-state index >= 15 is 0 Å². The van der Waals surface area contributed by atoms with E-state index in [1.807, 2.05) is 44.4 Å². The van der Waals surface area contributed by atoms with Crippen LogP contribution < -0.4 is 0 Å². The van der Waals surface area contributed by atoms with Gasteiger partial charge in [0.2, 0.25) is 0 Å². The number of aryl methyl sites for hydroxylation is 1. The number of benzene rings is 1. The Morgan fingerprint density at radius 2 is 2.05 bits per heavy atom. The van der Waals surface area contributed by atoms with Crippen LogP contribution in [0.3, 0.4) is 0 Å². The smallest absolute Gasteiger partial charge is 0.143 e. The van der Waals surface area contributed by atoms with Crippen LogP contribution in [0.2, 0.25) is 0 Å². The lowest BCUT2D eigenvalue weighted by Gasteiger charge is -2.29. The summed E-state index contributed by atoms with van der Waals surface area (Å²) in [6.07, 6.45) is 1.29. The van der Waals surface area contributed by atoms with Crippen molar-refractivity contribution in [1.29, 1.82) is 0 Å². The minimum atomic E-state index is -0.498. The third-order valence-electron chi connectivity index (χ3n) is 3.93. The molecule has 0 unspecified atom stereocenters. The molecule has 0 aliphatic heterocycles. The number of nitrogens with zero attached hydrogens (tertiary/aromatic N) is 2. The summed E-state index contributed by atoms with van der Waals surface area (Å²) in [4.78, 5) is 2.12. The lowest BCUT2D eigenvalue weighted by atomic mass is 9.83. The lowest BCUT2D eigenvalue weighted by Crippen LogP contribution is -2.30. The summed E-state index contributed by atoms with van der Waals surface area (Å²) < 4.78 is 5.44. The first-order chi connectivity index (χ1) is 9.66. The normalized spacial score (nSPS) is 22.0. The summed E-state index contributed by atoms with van der Waals surface area (Å²) in [5.41, 5.74) is 2.67. The van der Waals surface area contributed by atoms with E-state index in [0.717, 1.165) is 42.0 Å². The van der Waals surface area contributed by atoms with Crippen LogP contribution in [0.4, 0.5) is 0 Å². The van der Waals surface area contributed by atoms with Gasteiger partial charge in [-0.15, -0.1) is 0 Å². The second-order valence-corrected chi connectivity index (χ2v) is 5.74. The zero-order chi connectivity index (χ0) is 14.1. The number of rotatable bonds is 3. The number of aromatic nitrogens is 1. The fourth-order valence-corrected chi connectivity index (χ4v) is 2.99. The highest BCUT2D eigenvalue weighted by atomic mass is 16.5. The maximum atomic E-state index is 10.7. The zero-order valence-electron chi connectivity index (χ0n) is 11.9. The van der Waals surface area contributed by atoms with Gasteiger partial charge in [-0.3, -0.25) is 0 Å². The molecule has 1 N–H and O–H groups in total. The van der Waals surface area contributed by atoms with Crippen LogP contribution in [0.1, 0.15) is 23.8 Å². The van der Waals surface area contributed by atoms with E-state index < -0.39 is 6.10 Å². The van der Waals surface area contributed by atoms with Crippen molar-refractivity contribution in [2.45, 2.75) is 18.9 Å². The Hall–Kier alpha value is -1.65. The first-order valence-corrected chi connectivity index (χ1v) is 7.03. The molecular weight excluding hydrogens is 252 g/mol. The number of hydrogen-bond acceptors (Lipinski definition) is 4. The molecule has 3 rings (SSSR count). The third kappa shape index (κ3) is 2.37. The Bertz CT molecular complexity index is 577. The average molecular weight is 272 g/mol. The molecule has 0 amide bonds. The van der Waals surface area contributed by atoms with E-state index in [1.165, 1.54) is 0 Å². The molecule has 1 aliphatic rings. The molecule has 1 aromatic carbocycles. The van der Waals surface area contributed by atoms with Gasteiger partial charge in [0.15, 0.2) is 0 Å². The highest BCUT2D eigenvalue weighted by Gasteiger charge is 2.34. The van der Waals surface area contributed by atoms with Crippen LogP contribution in [-0.4, -0.2) is 35.8 Å². The molecule has 0 spiro atoms. The lowest BCUT2D eigenvalue weighted by molar-refractivity contribution is 0.0734. The molecule has 1 aliphatic carbocycles. The first kappa shape index (κ1) is 13.3. The van der Waals surface area contributed by atoms with E-state index in [0.29, 0.717) is 0 Å². The molecule has 0 saturated carbocycles.